The molecule has 0 aromatic rings. The Balaban J connectivity index is 3.39. The lowest BCUT2D eigenvalue weighted by Gasteiger charge is -2.20. The summed E-state index contributed by atoms with van der Waals surface area (Å²) in [5, 5.41) is 2.83. The Hall–Kier alpha value is -0.570. The molecule has 0 aliphatic carbocycles. The third-order valence-corrected chi connectivity index (χ3v) is 2.55. The molecule has 0 radical (unpaired) electrons. The topological polar surface area (TPSA) is 32.3 Å². The first-order valence-electron chi connectivity index (χ1n) is 6.17. The minimum absolute atomic E-state index is 0.0732. The number of carbonyl (C=O) groups excluding carboxylic acids is 1. The van der Waals surface area contributed by atoms with Crippen LogP contribution in [0, 0.1) is 0 Å². The van der Waals surface area contributed by atoms with E-state index < -0.39 is 0 Å². The number of hydrogen-bond acceptors (Lipinski definition) is 2. The Kier molecular flexibility index (Phi) is 9.59. The van der Waals surface area contributed by atoms with Crippen LogP contribution in [-0.2, 0) is 4.79 Å². The third kappa shape index (κ3) is 9.73. The van der Waals surface area contributed by atoms with Gasteiger partial charge >= 0.3 is 0 Å². The molecule has 1 N–H and O–H groups in total. The van der Waals surface area contributed by atoms with E-state index >= 15 is 0 Å². The van der Waals surface area contributed by atoms with E-state index in [4.69, 9.17) is 0 Å². The normalized spacial score (nSPS) is 10.7. The summed E-state index contributed by atoms with van der Waals surface area (Å²) in [4.78, 5) is 13.1. The first-order chi connectivity index (χ1) is 7.20. The molecule has 15 heavy (non-hydrogen) atoms. The zero-order valence-electron chi connectivity index (χ0n) is 10.5. The zero-order chi connectivity index (χ0) is 11.5. The second-order valence-corrected chi connectivity index (χ2v) is 3.98. The predicted octanol–water partition coefficient (Wildman–Crippen LogP) is 2.02. The number of hydrogen-bond donors (Lipinski definition) is 1. The molecule has 0 saturated heterocycles. The summed E-state index contributed by atoms with van der Waals surface area (Å²) in [7, 11) is 0. The summed E-state index contributed by atoms with van der Waals surface area (Å²) in [5.74, 6) is 0.0732. The van der Waals surface area contributed by atoms with Gasteiger partial charge in [-0.05, 0) is 32.5 Å². The lowest BCUT2D eigenvalue weighted by molar-refractivity contribution is -0.118. The van der Waals surface area contributed by atoms with Crippen LogP contribution in [0.1, 0.15) is 46.5 Å². The average molecular weight is 214 g/mol. The van der Waals surface area contributed by atoms with Gasteiger partial charge in [0.05, 0.1) is 0 Å². The summed E-state index contributed by atoms with van der Waals surface area (Å²) in [6.45, 7) is 10.2. The number of nitrogens with zero attached hydrogens (tertiary/aromatic N) is 1. The summed E-state index contributed by atoms with van der Waals surface area (Å²) in [6.07, 6.45) is 4.95. The van der Waals surface area contributed by atoms with E-state index in [0.29, 0.717) is 0 Å². The van der Waals surface area contributed by atoms with Crippen LogP contribution in [0.25, 0.3) is 0 Å². The highest BCUT2D eigenvalue weighted by Crippen LogP contribution is 1.98. The minimum Gasteiger partial charge on any atom is -0.356 e. The van der Waals surface area contributed by atoms with Crippen molar-refractivity contribution in [3.63, 3.8) is 0 Å². The lowest BCUT2D eigenvalue weighted by atomic mass is 10.2. The number of carbonyl (C=O) groups is 1. The fraction of sp³-hybridized carbons (Fsp3) is 0.917. The van der Waals surface area contributed by atoms with Gasteiger partial charge in [0.1, 0.15) is 0 Å². The highest BCUT2D eigenvalue weighted by molar-refractivity contribution is 5.72. The molecule has 0 heterocycles. The fourth-order valence-electron chi connectivity index (χ4n) is 1.58. The van der Waals surface area contributed by atoms with Gasteiger partial charge in [-0.2, -0.15) is 0 Å². The van der Waals surface area contributed by atoms with Crippen molar-refractivity contribution in [2.45, 2.75) is 46.5 Å². The van der Waals surface area contributed by atoms with Crippen molar-refractivity contribution in [1.82, 2.24) is 10.2 Å². The highest BCUT2D eigenvalue weighted by atomic mass is 16.1. The Morgan fingerprint density at radius 2 is 1.80 bits per heavy atom. The van der Waals surface area contributed by atoms with E-state index in [1.165, 1.54) is 25.8 Å². The zero-order valence-corrected chi connectivity index (χ0v) is 10.5. The molecule has 3 nitrogen and oxygen atoms in total. The Morgan fingerprint density at radius 1 is 1.13 bits per heavy atom. The summed E-state index contributed by atoms with van der Waals surface area (Å²) in [6, 6.07) is 0. The van der Waals surface area contributed by atoms with Crippen LogP contribution in [0.2, 0.25) is 0 Å². The van der Waals surface area contributed by atoms with Crippen LogP contribution >= 0.6 is 0 Å². The molecule has 0 bridgehead atoms. The Bertz CT molecular complexity index is 160. The molecule has 0 aliphatic rings. The first-order valence-corrected chi connectivity index (χ1v) is 6.17. The molecule has 0 rings (SSSR count). The van der Waals surface area contributed by atoms with Crippen molar-refractivity contribution in [3.05, 3.63) is 0 Å². The molecule has 0 fully saturated rings. The van der Waals surface area contributed by atoms with E-state index in [-0.39, 0.29) is 5.91 Å². The Morgan fingerprint density at radius 3 is 2.33 bits per heavy atom. The van der Waals surface area contributed by atoms with Gasteiger partial charge < -0.3 is 10.2 Å². The van der Waals surface area contributed by atoms with Gasteiger partial charge in [0.2, 0.25) is 5.91 Å². The monoisotopic (exact) mass is 214 g/mol. The maximum absolute atomic E-state index is 10.6. The average Bonchev–Trinajstić information content (AvgIpc) is 2.21. The quantitative estimate of drug-likeness (QED) is 0.596. The lowest BCUT2D eigenvalue weighted by Crippen LogP contribution is -2.29. The van der Waals surface area contributed by atoms with Gasteiger partial charge in [-0.15, -0.1) is 0 Å². The van der Waals surface area contributed by atoms with E-state index in [2.05, 4.69) is 24.1 Å². The summed E-state index contributed by atoms with van der Waals surface area (Å²) < 4.78 is 0. The first kappa shape index (κ1) is 14.4. The van der Waals surface area contributed by atoms with Gasteiger partial charge in [-0.1, -0.05) is 26.7 Å². The maximum Gasteiger partial charge on any atom is 0.216 e. The molecule has 0 saturated carbocycles. The van der Waals surface area contributed by atoms with Crippen molar-refractivity contribution in [2.75, 3.05) is 26.2 Å². The van der Waals surface area contributed by atoms with Crippen LogP contribution in [0.15, 0.2) is 0 Å². The van der Waals surface area contributed by atoms with E-state index in [1.54, 1.807) is 6.92 Å². The number of amides is 1. The second-order valence-electron chi connectivity index (χ2n) is 3.98. The van der Waals surface area contributed by atoms with Gasteiger partial charge in [-0.25, -0.2) is 0 Å². The minimum atomic E-state index is 0.0732. The smallest absolute Gasteiger partial charge is 0.216 e. The Labute approximate surface area is 94.2 Å². The van der Waals surface area contributed by atoms with Crippen LogP contribution in [0.4, 0.5) is 0 Å². The van der Waals surface area contributed by atoms with Crippen LogP contribution in [0.5, 0.6) is 0 Å². The largest absolute Gasteiger partial charge is 0.356 e. The van der Waals surface area contributed by atoms with Gasteiger partial charge in [0.25, 0.3) is 0 Å². The summed E-state index contributed by atoms with van der Waals surface area (Å²) >= 11 is 0. The summed E-state index contributed by atoms with van der Waals surface area (Å²) in [5.41, 5.74) is 0. The second kappa shape index (κ2) is 9.97. The van der Waals surface area contributed by atoms with Gasteiger partial charge in [-0.3, -0.25) is 4.79 Å². The van der Waals surface area contributed by atoms with Crippen molar-refractivity contribution >= 4 is 5.91 Å². The molecule has 0 spiro atoms. The highest BCUT2D eigenvalue weighted by Gasteiger charge is 2.01. The van der Waals surface area contributed by atoms with E-state index in [1.807, 2.05) is 0 Å². The molecule has 0 aromatic heterocycles. The van der Waals surface area contributed by atoms with Crippen LogP contribution in [-0.4, -0.2) is 37.0 Å². The number of unbranched alkanes of at least 4 members (excludes halogenated alkanes) is 2. The van der Waals surface area contributed by atoms with Crippen LogP contribution in [0.3, 0.4) is 0 Å². The number of rotatable bonds is 9. The van der Waals surface area contributed by atoms with Crippen molar-refractivity contribution < 1.29 is 4.79 Å². The standard InChI is InChI=1S/C12H26N2O/c1-4-6-7-10-14(5-2)11-8-9-13-12(3)15/h4-11H2,1-3H3,(H,13,15). The fourth-order valence-corrected chi connectivity index (χ4v) is 1.58. The molecule has 3 heteroatoms. The van der Waals surface area contributed by atoms with Gasteiger partial charge in [0, 0.05) is 13.5 Å². The molecular formula is C12H26N2O. The number of nitrogens with one attached hydrogen (secondary N) is 1. The van der Waals surface area contributed by atoms with E-state index in [0.717, 1.165) is 26.1 Å². The van der Waals surface area contributed by atoms with Crippen molar-refractivity contribution in [1.29, 1.82) is 0 Å². The van der Waals surface area contributed by atoms with E-state index in [9.17, 15) is 4.79 Å². The maximum atomic E-state index is 10.6. The molecule has 0 unspecified atom stereocenters. The molecule has 0 atom stereocenters. The third-order valence-electron chi connectivity index (χ3n) is 2.55. The molecule has 90 valence electrons. The van der Waals surface area contributed by atoms with Crippen LogP contribution < -0.4 is 5.32 Å². The SMILES string of the molecule is CCCCCN(CC)CCCNC(C)=O. The molecule has 0 aliphatic heterocycles. The molecular weight excluding hydrogens is 188 g/mol. The van der Waals surface area contributed by atoms with Gasteiger partial charge in [0.15, 0.2) is 0 Å². The molecule has 0 aromatic carbocycles. The molecule has 1 amide bonds. The predicted molar refractivity (Wildman–Crippen MR) is 64.9 cm³/mol. The van der Waals surface area contributed by atoms with Crippen molar-refractivity contribution in [2.24, 2.45) is 0 Å². The van der Waals surface area contributed by atoms with Crippen molar-refractivity contribution in [3.8, 4) is 0 Å².